The first-order chi connectivity index (χ1) is 11.2. The third kappa shape index (κ3) is 9.75. The van der Waals surface area contributed by atoms with Crippen LogP contribution in [0.2, 0.25) is 0 Å². The van der Waals surface area contributed by atoms with E-state index in [0.717, 1.165) is 24.5 Å². The third-order valence-corrected chi connectivity index (χ3v) is 3.53. The average molecular weight is 446 g/mol. The van der Waals surface area contributed by atoms with Gasteiger partial charge in [-0.1, -0.05) is 43.9 Å². The van der Waals surface area contributed by atoms with Gasteiger partial charge < -0.3 is 16.0 Å². The lowest BCUT2D eigenvalue weighted by Gasteiger charge is -2.12. The van der Waals surface area contributed by atoms with E-state index in [1.807, 2.05) is 31.2 Å². The van der Waals surface area contributed by atoms with E-state index in [0.29, 0.717) is 18.7 Å². The minimum atomic E-state index is -0.0435. The van der Waals surface area contributed by atoms with Crippen LogP contribution in [0.5, 0.6) is 0 Å². The minimum absolute atomic E-state index is 0. The molecule has 1 aromatic rings. The number of unbranched alkanes of at least 4 members (excludes halogenated alkanes) is 3. The Balaban J connectivity index is 0.00000529. The first kappa shape index (κ1) is 22.7. The smallest absolute Gasteiger partial charge is 0.251 e. The average Bonchev–Trinajstić information content (AvgIpc) is 2.56. The fourth-order valence-electron chi connectivity index (χ4n) is 2.22. The lowest BCUT2D eigenvalue weighted by atomic mass is 10.1. The first-order valence-electron chi connectivity index (χ1n) is 8.46. The van der Waals surface area contributed by atoms with Gasteiger partial charge in [-0.15, -0.1) is 24.0 Å². The Bertz CT molecular complexity index is 506. The van der Waals surface area contributed by atoms with E-state index in [1.165, 1.54) is 19.3 Å². The third-order valence-electron chi connectivity index (χ3n) is 3.53. The molecular weight excluding hydrogens is 415 g/mol. The van der Waals surface area contributed by atoms with Gasteiger partial charge in [0.15, 0.2) is 5.96 Å². The highest BCUT2D eigenvalue weighted by Gasteiger charge is 2.04. The number of carbonyl (C=O) groups excluding carboxylic acids is 1. The van der Waals surface area contributed by atoms with Crippen LogP contribution in [0.3, 0.4) is 0 Å². The van der Waals surface area contributed by atoms with Gasteiger partial charge in [0.25, 0.3) is 5.91 Å². The Morgan fingerprint density at radius 1 is 1.04 bits per heavy atom. The molecule has 24 heavy (non-hydrogen) atoms. The number of carbonyl (C=O) groups is 1. The van der Waals surface area contributed by atoms with Crippen molar-refractivity contribution in [1.82, 2.24) is 16.0 Å². The van der Waals surface area contributed by atoms with Gasteiger partial charge in [0.2, 0.25) is 0 Å². The van der Waals surface area contributed by atoms with Crippen LogP contribution in [0.1, 0.15) is 48.5 Å². The maximum Gasteiger partial charge on any atom is 0.251 e. The zero-order chi connectivity index (χ0) is 16.9. The fraction of sp³-hybridized carbons (Fsp3) is 0.556. The summed E-state index contributed by atoms with van der Waals surface area (Å²) >= 11 is 0. The Kier molecular flexibility index (Phi) is 13.3. The summed E-state index contributed by atoms with van der Waals surface area (Å²) in [6.45, 7) is 6.32. The SMILES string of the molecule is CCCCCCNC(=NC)NCCNC(=O)c1cccc(C)c1.I. The van der Waals surface area contributed by atoms with E-state index in [4.69, 9.17) is 0 Å². The molecule has 1 amide bonds. The molecule has 5 nitrogen and oxygen atoms in total. The first-order valence-corrected chi connectivity index (χ1v) is 8.46. The van der Waals surface area contributed by atoms with Crippen LogP contribution < -0.4 is 16.0 Å². The second kappa shape index (κ2) is 14.1. The Morgan fingerprint density at radius 3 is 2.42 bits per heavy atom. The molecule has 1 aromatic carbocycles. The molecule has 0 saturated heterocycles. The highest BCUT2D eigenvalue weighted by atomic mass is 127. The number of nitrogens with zero attached hydrogens (tertiary/aromatic N) is 1. The quantitative estimate of drug-likeness (QED) is 0.237. The molecule has 0 aliphatic heterocycles. The van der Waals surface area contributed by atoms with Gasteiger partial charge in [-0.2, -0.15) is 0 Å². The van der Waals surface area contributed by atoms with Crippen molar-refractivity contribution in [2.24, 2.45) is 4.99 Å². The van der Waals surface area contributed by atoms with Gasteiger partial charge in [-0.05, 0) is 25.5 Å². The topological polar surface area (TPSA) is 65.5 Å². The minimum Gasteiger partial charge on any atom is -0.356 e. The molecule has 0 aromatic heterocycles. The van der Waals surface area contributed by atoms with E-state index in [9.17, 15) is 4.79 Å². The van der Waals surface area contributed by atoms with Crippen molar-refractivity contribution in [1.29, 1.82) is 0 Å². The highest BCUT2D eigenvalue weighted by Crippen LogP contribution is 2.03. The maximum atomic E-state index is 12.0. The summed E-state index contributed by atoms with van der Waals surface area (Å²) in [6, 6.07) is 7.59. The summed E-state index contributed by atoms with van der Waals surface area (Å²) < 4.78 is 0. The number of hydrogen-bond donors (Lipinski definition) is 3. The molecule has 0 aliphatic rings. The Labute approximate surface area is 163 Å². The fourth-order valence-corrected chi connectivity index (χ4v) is 2.22. The van der Waals surface area contributed by atoms with Crippen LogP contribution in [-0.2, 0) is 0 Å². The summed E-state index contributed by atoms with van der Waals surface area (Å²) in [5.41, 5.74) is 1.78. The molecule has 1 rings (SSSR count). The van der Waals surface area contributed by atoms with E-state index < -0.39 is 0 Å². The summed E-state index contributed by atoms with van der Waals surface area (Å²) in [4.78, 5) is 16.2. The van der Waals surface area contributed by atoms with Crippen LogP contribution >= 0.6 is 24.0 Å². The molecule has 0 spiro atoms. The Hall–Kier alpha value is -1.31. The normalized spacial score (nSPS) is 10.7. The summed E-state index contributed by atoms with van der Waals surface area (Å²) in [5.74, 6) is 0.740. The van der Waals surface area contributed by atoms with Crippen molar-refractivity contribution in [3.8, 4) is 0 Å². The lowest BCUT2D eigenvalue weighted by molar-refractivity contribution is 0.0954. The number of halogens is 1. The molecule has 136 valence electrons. The number of benzene rings is 1. The number of hydrogen-bond acceptors (Lipinski definition) is 2. The van der Waals surface area contributed by atoms with Gasteiger partial charge in [0, 0.05) is 32.2 Å². The molecule has 3 N–H and O–H groups in total. The predicted octanol–water partition coefficient (Wildman–Crippen LogP) is 3.09. The van der Waals surface area contributed by atoms with Crippen molar-refractivity contribution in [3.05, 3.63) is 35.4 Å². The van der Waals surface area contributed by atoms with E-state index >= 15 is 0 Å². The van der Waals surface area contributed by atoms with Crippen molar-refractivity contribution in [2.75, 3.05) is 26.7 Å². The second-order valence-corrected chi connectivity index (χ2v) is 5.61. The number of aliphatic imine (C=N–C) groups is 1. The molecule has 0 radical (unpaired) electrons. The van der Waals surface area contributed by atoms with Gasteiger partial charge in [0.1, 0.15) is 0 Å². The summed E-state index contributed by atoms with van der Waals surface area (Å²) in [7, 11) is 1.76. The monoisotopic (exact) mass is 446 g/mol. The van der Waals surface area contributed by atoms with Gasteiger partial charge in [-0.3, -0.25) is 9.79 Å². The van der Waals surface area contributed by atoms with E-state index in [2.05, 4.69) is 27.9 Å². The van der Waals surface area contributed by atoms with E-state index in [1.54, 1.807) is 7.05 Å². The molecule has 0 heterocycles. The summed E-state index contributed by atoms with van der Waals surface area (Å²) in [5, 5.41) is 9.39. The molecule has 0 fully saturated rings. The highest BCUT2D eigenvalue weighted by molar-refractivity contribution is 14.0. The number of rotatable bonds is 9. The zero-order valence-electron chi connectivity index (χ0n) is 15.0. The number of guanidine groups is 1. The number of amides is 1. The lowest BCUT2D eigenvalue weighted by Crippen LogP contribution is -2.41. The maximum absolute atomic E-state index is 12.0. The summed E-state index contributed by atoms with van der Waals surface area (Å²) in [6.07, 6.45) is 4.91. The van der Waals surface area contributed by atoms with Crippen molar-refractivity contribution in [2.45, 2.75) is 39.5 Å². The molecular formula is C18H31IN4O. The molecule has 0 saturated carbocycles. The van der Waals surface area contributed by atoms with Gasteiger partial charge >= 0.3 is 0 Å². The largest absolute Gasteiger partial charge is 0.356 e. The molecule has 0 unspecified atom stereocenters. The Morgan fingerprint density at radius 2 is 1.75 bits per heavy atom. The molecule has 0 atom stereocenters. The van der Waals surface area contributed by atoms with Crippen LogP contribution in [0.25, 0.3) is 0 Å². The van der Waals surface area contributed by atoms with Crippen molar-refractivity contribution in [3.63, 3.8) is 0 Å². The van der Waals surface area contributed by atoms with Crippen LogP contribution in [0, 0.1) is 6.92 Å². The van der Waals surface area contributed by atoms with Crippen LogP contribution in [-0.4, -0.2) is 38.5 Å². The zero-order valence-corrected chi connectivity index (χ0v) is 17.4. The van der Waals surface area contributed by atoms with Crippen LogP contribution in [0.15, 0.2) is 29.3 Å². The number of nitrogens with one attached hydrogen (secondary N) is 3. The standard InChI is InChI=1S/C18H30N4O.HI/c1-4-5-6-7-11-21-18(19-3)22-13-12-20-17(23)16-10-8-9-15(2)14-16;/h8-10,14H,4-7,11-13H2,1-3H3,(H,20,23)(H2,19,21,22);1H. The van der Waals surface area contributed by atoms with Crippen LogP contribution in [0.4, 0.5) is 0 Å². The number of aryl methyl sites for hydroxylation is 1. The predicted molar refractivity (Wildman–Crippen MR) is 112 cm³/mol. The van der Waals surface area contributed by atoms with Crippen molar-refractivity contribution < 1.29 is 4.79 Å². The molecule has 6 heteroatoms. The van der Waals surface area contributed by atoms with Gasteiger partial charge in [-0.25, -0.2) is 0 Å². The second-order valence-electron chi connectivity index (χ2n) is 5.61. The van der Waals surface area contributed by atoms with Crippen molar-refractivity contribution >= 4 is 35.8 Å². The molecule has 0 aliphatic carbocycles. The van der Waals surface area contributed by atoms with E-state index in [-0.39, 0.29) is 29.9 Å². The molecule has 0 bridgehead atoms. The van der Waals surface area contributed by atoms with Gasteiger partial charge in [0.05, 0.1) is 0 Å².